The standard InChI is InChI=1S/C12H7BrN2O3/c13-7-5-8(15(16)17)11(14)12-10(7)6-3-1-2-4-9(6)18-12/h1-5H,14H2. The van der Waals surface area contributed by atoms with Gasteiger partial charge in [-0.1, -0.05) is 18.2 Å². The van der Waals surface area contributed by atoms with Gasteiger partial charge in [-0.05, 0) is 22.0 Å². The van der Waals surface area contributed by atoms with E-state index in [4.69, 9.17) is 10.2 Å². The summed E-state index contributed by atoms with van der Waals surface area (Å²) in [7, 11) is 0. The van der Waals surface area contributed by atoms with Crippen molar-refractivity contribution in [1.82, 2.24) is 0 Å². The first-order valence-electron chi connectivity index (χ1n) is 5.13. The number of furan rings is 1. The van der Waals surface area contributed by atoms with Crippen molar-refractivity contribution in [1.29, 1.82) is 0 Å². The third-order valence-electron chi connectivity index (χ3n) is 2.82. The smallest absolute Gasteiger partial charge is 0.297 e. The highest BCUT2D eigenvalue weighted by Crippen LogP contribution is 2.41. The zero-order valence-electron chi connectivity index (χ0n) is 9.01. The van der Waals surface area contributed by atoms with Gasteiger partial charge in [0.2, 0.25) is 0 Å². The number of hydrogen-bond donors (Lipinski definition) is 1. The predicted molar refractivity (Wildman–Crippen MR) is 72.5 cm³/mol. The first-order valence-corrected chi connectivity index (χ1v) is 5.92. The van der Waals surface area contributed by atoms with Gasteiger partial charge >= 0.3 is 0 Å². The number of rotatable bonds is 1. The summed E-state index contributed by atoms with van der Waals surface area (Å²) in [6.45, 7) is 0. The number of nitrogen functional groups attached to an aromatic ring is 1. The van der Waals surface area contributed by atoms with Crippen LogP contribution in [0.4, 0.5) is 11.4 Å². The van der Waals surface area contributed by atoms with Gasteiger partial charge in [-0.2, -0.15) is 0 Å². The molecule has 3 rings (SSSR count). The number of nitrogens with two attached hydrogens (primary N) is 1. The maximum absolute atomic E-state index is 10.9. The van der Waals surface area contributed by atoms with Gasteiger partial charge in [0, 0.05) is 21.3 Å². The SMILES string of the molecule is Nc1c([N+](=O)[O-])cc(Br)c2c1oc1ccccc12. The molecule has 0 bridgehead atoms. The summed E-state index contributed by atoms with van der Waals surface area (Å²) in [5, 5.41) is 12.5. The lowest BCUT2D eigenvalue weighted by Gasteiger charge is -2.00. The molecule has 5 nitrogen and oxygen atoms in total. The molecule has 0 saturated heterocycles. The van der Waals surface area contributed by atoms with Gasteiger partial charge in [-0.25, -0.2) is 0 Å². The van der Waals surface area contributed by atoms with Crippen LogP contribution >= 0.6 is 15.9 Å². The molecule has 0 saturated carbocycles. The summed E-state index contributed by atoms with van der Waals surface area (Å²) >= 11 is 3.33. The minimum Gasteiger partial charge on any atom is -0.454 e. The summed E-state index contributed by atoms with van der Waals surface area (Å²) in [6, 6.07) is 8.80. The van der Waals surface area contributed by atoms with Gasteiger partial charge < -0.3 is 10.2 Å². The Hall–Kier alpha value is -2.08. The molecule has 0 amide bonds. The number of nitrogens with zero attached hydrogens (tertiary/aromatic N) is 1. The Morgan fingerprint density at radius 2 is 2.06 bits per heavy atom. The van der Waals surface area contributed by atoms with Gasteiger partial charge in [0.25, 0.3) is 5.69 Å². The van der Waals surface area contributed by atoms with E-state index in [9.17, 15) is 10.1 Å². The summed E-state index contributed by atoms with van der Waals surface area (Å²) in [5.41, 5.74) is 6.69. The molecular weight excluding hydrogens is 300 g/mol. The van der Waals surface area contributed by atoms with Crippen molar-refractivity contribution in [3.63, 3.8) is 0 Å². The number of nitro groups is 1. The van der Waals surface area contributed by atoms with E-state index in [0.29, 0.717) is 15.6 Å². The van der Waals surface area contributed by atoms with Crippen LogP contribution in [-0.2, 0) is 0 Å². The van der Waals surface area contributed by atoms with Gasteiger partial charge in [0.1, 0.15) is 5.58 Å². The topological polar surface area (TPSA) is 82.3 Å². The zero-order valence-corrected chi connectivity index (χ0v) is 10.6. The highest BCUT2D eigenvalue weighted by Gasteiger charge is 2.21. The molecule has 0 atom stereocenters. The molecule has 6 heteroatoms. The van der Waals surface area contributed by atoms with Crippen molar-refractivity contribution in [3.05, 3.63) is 44.9 Å². The second-order valence-corrected chi connectivity index (χ2v) is 4.70. The van der Waals surface area contributed by atoms with Gasteiger partial charge in [0.15, 0.2) is 11.3 Å². The van der Waals surface area contributed by atoms with E-state index in [1.807, 2.05) is 18.2 Å². The van der Waals surface area contributed by atoms with Crippen LogP contribution in [0.3, 0.4) is 0 Å². The van der Waals surface area contributed by atoms with Gasteiger partial charge in [0.05, 0.1) is 4.92 Å². The Morgan fingerprint density at radius 3 is 2.78 bits per heavy atom. The van der Waals surface area contributed by atoms with Crippen molar-refractivity contribution in [2.45, 2.75) is 0 Å². The Bertz CT molecular complexity index is 795. The van der Waals surface area contributed by atoms with E-state index in [1.165, 1.54) is 6.07 Å². The molecule has 0 radical (unpaired) electrons. The Labute approximate surface area is 109 Å². The molecule has 0 aliphatic heterocycles. The number of para-hydroxylation sites is 1. The number of hydrogen-bond acceptors (Lipinski definition) is 4. The largest absolute Gasteiger partial charge is 0.454 e. The third kappa shape index (κ3) is 1.39. The molecule has 0 aliphatic rings. The molecule has 2 aromatic carbocycles. The Kier molecular flexibility index (Phi) is 2.27. The predicted octanol–water partition coefficient (Wildman–Crippen LogP) is 3.84. The van der Waals surface area contributed by atoms with Crippen molar-refractivity contribution in [2.75, 3.05) is 5.73 Å². The number of nitro benzene ring substituents is 1. The third-order valence-corrected chi connectivity index (χ3v) is 3.44. The molecule has 1 aromatic heterocycles. The van der Waals surface area contributed by atoms with Gasteiger partial charge in [-0.15, -0.1) is 0 Å². The van der Waals surface area contributed by atoms with E-state index in [1.54, 1.807) is 6.07 Å². The second-order valence-electron chi connectivity index (χ2n) is 3.85. The first-order chi connectivity index (χ1) is 8.59. The van der Waals surface area contributed by atoms with Crippen LogP contribution in [0, 0.1) is 10.1 Å². The Balaban J connectivity index is 2.56. The minimum atomic E-state index is -0.521. The summed E-state index contributed by atoms with van der Waals surface area (Å²) < 4.78 is 6.20. The minimum absolute atomic E-state index is 0.0504. The highest BCUT2D eigenvalue weighted by molar-refractivity contribution is 9.10. The second kappa shape index (κ2) is 3.71. The van der Waals surface area contributed by atoms with E-state index in [-0.39, 0.29) is 11.4 Å². The van der Waals surface area contributed by atoms with Gasteiger partial charge in [-0.3, -0.25) is 10.1 Å². The summed E-state index contributed by atoms with van der Waals surface area (Å²) in [5.74, 6) is 0. The molecule has 0 unspecified atom stereocenters. The monoisotopic (exact) mass is 306 g/mol. The lowest BCUT2D eigenvalue weighted by molar-refractivity contribution is -0.383. The fourth-order valence-corrected chi connectivity index (χ4v) is 2.62. The molecule has 0 fully saturated rings. The summed E-state index contributed by atoms with van der Waals surface area (Å²) in [6.07, 6.45) is 0. The average Bonchev–Trinajstić information content (AvgIpc) is 2.73. The van der Waals surface area contributed by atoms with Crippen LogP contribution < -0.4 is 5.73 Å². The van der Waals surface area contributed by atoms with Crippen LogP contribution in [0.15, 0.2) is 39.2 Å². The molecule has 0 spiro atoms. The Morgan fingerprint density at radius 1 is 1.33 bits per heavy atom. The fourth-order valence-electron chi connectivity index (χ4n) is 2.01. The number of anilines is 1. The van der Waals surface area contributed by atoms with Crippen molar-refractivity contribution in [2.24, 2.45) is 0 Å². The number of fused-ring (bicyclic) bond motifs is 3. The first kappa shape index (κ1) is 11.0. The van der Waals surface area contributed by atoms with Crippen LogP contribution in [0.5, 0.6) is 0 Å². The van der Waals surface area contributed by atoms with Crippen molar-refractivity contribution < 1.29 is 9.34 Å². The molecule has 2 N–H and O–H groups in total. The number of benzene rings is 2. The highest BCUT2D eigenvalue weighted by atomic mass is 79.9. The fraction of sp³-hybridized carbons (Fsp3) is 0. The van der Waals surface area contributed by atoms with E-state index >= 15 is 0 Å². The maximum Gasteiger partial charge on any atom is 0.297 e. The quantitative estimate of drug-likeness (QED) is 0.420. The lowest BCUT2D eigenvalue weighted by atomic mass is 10.1. The summed E-state index contributed by atoms with van der Waals surface area (Å²) in [4.78, 5) is 10.4. The van der Waals surface area contributed by atoms with Crippen LogP contribution in [-0.4, -0.2) is 4.92 Å². The normalized spacial score (nSPS) is 11.2. The van der Waals surface area contributed by atoms with Crippen LogP contribution in [0.1, 0.15) is 0 Å². The van der Waals surface area contributed by atoms with E-state index in [2.05, 4.69) is 15.9 Å². The lowest BCUT2D eigenvalue weighted by Crippen LogP contribution is -1.96. The molecular formula is C12H7BrN2O3. The van der Waals surface area contributed by atoms with Crippen LogP contribution in [0.25, 0.3) is 21.9 Å². The number of halogens is 1. The molecule has 0 aliphatic carbocycles. The van der Waals surface area contributed by atoms with E-state index < -0.39 is 4.92 Å². The molecule has 18 heavy (non-hydrogen) atoms. The van der Waals surface area contributed by atoms with Crippen LogP contribution in [0.2, 0.25) is 0 Å². The zero-order chi connectivity index (χ0) is 12.9. The average molecular weight is 307 g/mol. The maximum atomic E-state index is 10.9. The van der Waals surface area contributed by atoms with Crippen molar-refractivity contribution in [3.8, 4) is 0 Å². The van der Waals surface area contributed by atoms with Crippen molar-refractivity contribution >= 4 is 49.2 Å². The molecule has 1 heterocycles. The van der Waals surface area contributed by atoms with E-state index in [0.717, 1.165) is 10.8 Å². The molecule has 90 valence electrons. The molecule has 3 aromatic rings.